The second kappa shape index (κ2) is 7.90. The number of rotatable bonds is 6. The third-order valence-corrected chi connectivity index (χ3v) is 7.62. The Labute approximate surface area is 192 Å². The molecule has 3 aliphatic carbocycles. The van der Waals surface area contributed by atoms with Gasteiger partial charge in [-0.15, -0.1) is 0 Å². The van der Waals surface area contributed by atoms with E-state index in [1.165, 1.54) is 11.9 Å². The van der Waals surface area contributed by atoms with Crippen LogP contribution in [-0.2, 0) is 14.3 Å². The van der Waals surface area contributed by atoms with Crippen LogP contribution in [0, 0.1) is 0 Å². The summed E-state index contributed by atoms with van der Waals surface area (Å²) in [6.45, 7) is 0.166. The van der Waals surface area contributed by atoms with E-state index in [4.69, 9.17) is 4.74 Å². The number of alkyl carbamates (subject to hydrolysis) is 1. The molecule has 172 valence electrons. The van der Waals surface area contributed by atoms with Crippen LogP contribution in [-0.4, -0.2) is 52.7 Å². The Balaban J connectivity index is 1.30. The molecule has 33 heavy (non-hydrogen) atoms. The summed E-state index contributed by atoms with van der Waals surface area (Å²) in [6.07, 6.45) is 2.79. The molecule has 0 saturated heterocycles. The first-order valence-corrected chi connectivity index (χ1v) is 11.5. The molecule has 0 heterocycles. The number of hydrogen-bond donors (Lipinski definition) is 2. The first-order chi connectivity index (χ1) is 15.9. The lowest BCUT2D eigenvalue weighted by Crippen LogP contribution is -2.61. The van der Waals surface area contributed by atoms with Crippen molar-refractivity contribution in [2.75, 3.05) is 13.7 Å². The molecule has 3 aliphatic rings. The van der Waals surface area contributed by atoms with Crippen LogP contribution in [0.3, 0.4) is 0 Å². The van der Waals surface area contributed by atoms with Crippen molar-refractivity contribution >= 4 is 18.0 Å². The molecule has 2 amide bonds. The topological polar surface area (TPSA) is 95.9 Å². The van der Waals surface area contributed by atoms with Crippen LogP contribution in [0.5, 0.6) is 0 Å². The molecule has 0 spiro atoms. The normalized spacial score (nSPS) is 19.3. The van der Waals surface area contributed by atoms with E-state index >= 15 is 0 Å². The van der Waals surface area contributed by atoms with E-state index < -0.39 is 23.1 Å². The van der Waals surface area contributed by atoms with Crippen molar-refractivity contribution in [3.63, 3.8) is 0 Å². The van der Waals surface area contributed by atoms with Gasteiger partial charge >= 0.3 is 12.1 Å². The molecular weight excluding hydrogens is 420 g/mol. The van der Waals surface area contributed by atoms with Gasteiger partial charge in [-0.05, 0) is 47.9 Å². The van der Waals surface area contributed by atoms with Crippen LogP contribution in [0.15, 0.2) is 48.5 Å². The zero-order chi connectivity index (χ0) is 23.2. The molecule has 2 aromatic rings. The molecule has 0 atom stereocenters. The molecular formula is C26H28N2O5. The monoisotopic (exact) mass is 448 g/mol. The number of carbonyl (C=O) groups is 3. The number of carboxylic acid groups (broad SMARTS) is 1. The molecule has 2 fully saturated rings. The zero-order valence-electron chi connectivity index (χ0n) is 18.7. The molecule has 0 aromatic heterocycles. The van der Waals surface area contributed by atoms with E-state index in [-0.39, 0.29) is 18.4 Å². The summed E-state index contributed by atoms with van der Waals surface area (Å²) in [5.41, 5.74) is 2.28. The van der Waals surface area contributed by atoms with Crippen LogP contribution < -0.4 is 5.32 Å². The lowest BCUT2D eigenvalue weighted by Gasteiger charge is -2.35. The fourth-order valence-corrected chi connectivity index (χ4v) is 5.53. The van der Waals surface area contributed by atoms with Crippen LogP contribution in [0.2, 0.25) is 0 Å². The van der Waals surface area contributed by atoms with E-state index in [9.17, 15) is 19.5 Å². The molecule has 5 rings (SSSR count). The van der Waals surface area contributed by atoms with Crippen molar-refractivity contribution in [2.45, 2.75) is 55.5 Å². The van der Waals surface area contributed by atoms with Crippen LogP contribution in [0.25, 0.3) is 11.1 Å². The highest BCUT2D eigenvalue weighted by molar-refractivity contribution is 5.95. The summed E-state index contributed by atoms with van der Waals surface area (Å²) in [6, 6.07) is 16.2. The van der Waals surface area contributed by atoms with E-state index in [1.807, 2.05) is 24.3 Å². The van der Waals surface area contributed by atoms with Gasteiger partial charge in [0.15, 0.2) is 0 Å². The standard InChI is InChI=1S/C26H28N2O5/c1-28(26(14-15-26)23(30)31)22(29)25(12-6-7-13-25)27-24(32)33-16-21-19-10-4-2-8-17(19)18-9-3-5-11-20(18)21/h2-5,8-11,21H,6-7,12-16H2,1H3,(H,27,32)(H,30,31). The van der Waals surface area contributed by atoms with Crippen LogP contribution in [0.4, 0.5) is 4.79 Å². The van der Waals surface area contributed by atoms with Crippen molar-refractivity contribution in [1.29, 1.82) is 0 Å². The highest BCUT2D eigenvalue weighted by Crippen LogP contribution is 2.45. The maximum Gasteiger partial charge on any atom is 0.408 e. The SMILES string of the molecule is CN(C(=O)C1(NC(=O)OCC2c3ccccc3-c3ccccc32)CCCC1)C1(C(=O)O)CC1. The summed E-state index contributed by atoms with van der Waals surface area (Å²) in [5.74, 6) is -1.40. The van der Waals surface area contributed by atoms with Crippen molar-refractivity contribution in [2.24, 2.45) is 0 Å². The fourth-order valence-electron chi connectivity index (χ4n) is 5.53. The minimum atomic E-state index is -1.14. The number of fused-ring (bicyclic) bond motifs is 3. The quantitative estimate of drug-likeness (QED) is 0.699. The van der Waals surface area contributed by atoms with E-state index in [1.54, 1.807) is 0 Å². The largest absolute Gasteiger partial charge is 0.479 e. The Kier molecular flexibility index (Phi) is 5.15. The minimum absolute atomic E-state index is 0.0669. The van der Waals surface area contributed by atoms with Crippen molar-refractivity contribution < 1.29 is 24.2 Å². The van der Waals surface area contributed by atoms with E-state index in [2.05, 4.69) is 29.6 Å². The maximum atomic E-state index is 13.4. The number of benzene rings is 2. The number of nitrogens with zero attached hydrogens (tertiary/aromatic N) is 1. The number of amides is 2. The van der Waals surface area contributed by atoms with Gasteiger partial charge in [-0.1, -0.05) is 61.4 Å². The van der Waals surface area contributed by atoms with Gasteiger partial charge in [-0.3, -0.25) is 4.79 Å². The average molecular weight is 449 g/mol. The summed E-state index contributed by atoms with van der Waals surface area (Å²) >= 11 is 0. The molecule has 7 nitrogen and oxygen atoms in total. The summed E-state index contributed by atoms with van der Waals surface area (Å²) < 4.78 is 5.67. The molecule has 2 N–H and O–H groups in total. The first-order valence-electron chi connectivity index (χ1n) is 11.5. The molecule has 0 aliphatic heterocycles. The molecule has 0 radical (unpaired) electrons. The number of ether oxygens (including phenoxy) is 1. The van der Waals surface area contributed by atoms with Crippen LogP contribution >= 0.6 is 0 Å². The Morgan fingerprint density at radius 1 is 0.970 bits per heavy atom. The molecule has 2 saturated carbocycles. The molecule has 2 aromatic carbocycles. The molecule has 0 unspecified atom stereocenters. The second-order valence-corrected chi connectivity index (χ2v) is 9.44. The molecule has 7 heteroatoms. The van der Waals surface area contributed by atoms with Gasteiger partial charge in [0.05, 0.1) is 0 Å². The van der Waals surface area contributed by atoms with Crippen molar-refractivity contribution in [3.8, 4) is 11.1 Å². The zero-order valence-corrected chi connectivity index (χ0v) is 18.7. The van der Waals surface area contributed by atoms with E-state index in [0.29, 0.717) is 25.7 Å². The lowest BCUT2D eigenvalue weighted by atomic mass is 9.94. The van der Waals surface area contributed by atoms with Crippen molar-refractivity contribution in [1.82, 2.24) is 10.2 Å². The third-order valence-electron chi connectivity index (χ3n) is 7.62. The average Bonchev–Trinajstić information content (AvgIpc) is 3.41. The van der Waals surface area contributed by atoms with Gasteiger partial charge < -0.3 is 20.1 Å². The Bertz CT molecular complexity index is 1070. The van der Waals surface area contributed by atoms with Crippen LogP contribution in [0.1, 0.15) is 55.6 Å². The fraction of sp³-hybridized carbons (Fsp3) is 0.423. The Hall–Kier alpha value is -3.35. The number of likely N-dealkylation sites (N-methyl/N-ethyl adjacent to an activating group) is 1. The predicted molar refractivity (Wildman–Crippen MR) is 122 cm³/mol. The smallest absolute Gasteiger partial charge is 0.408 e. The minimum Gasteiger partial charge on any atom is -0.479 e. The Morgan fingerprint density at radius 2 is 1.52 bits per heavy atom. The van der Waals surface area contributed by atoms with Gasteiger partial charge in [0.1, 0.15) is 17.7 Å². The number of carbonyl (C=O) groups excluding carboxylic acids is 2. The highest BCUT2D eigenvalue weighted by atomic mass is 16.5. The van der Waals surface area contributed by atoms with Gasteiger partial charge in [0.2, 0.25) is 5.91 Å². The Morgan fingerprint density at radius 3 is 2.03 bits per heavy atom. The summed E-state index contributed by atoms with van der Waals surface area (Å²) in [7, 11) is 1.53. The lowest BCUT2D eigenvalue weighted by molar-refractivity contribution is -0.153. The number of hydrogen-bond acceptors (Lipinski definition) is 4. The van der Waals surface area contributed by atoms with Gasteiger partial charge in [0.25, 0.3) is 0 Å². The second-order valence-electron chi connectivity index (χ2n) is 9.44. The van der Waals surface area contributed by atoms with Crippen molar-refractivity contribution in [3.05, 3.63) is 59.7 Å². The summed E-state index contributed by atoms with van der Waals surface area (Å²) in [4.78, 5) is 39.3. The summed E-state index contributed by atoms with van der Waals surface area (Å²) in [5, 5.41) is 12.4. The van der Waals surface area contributed by atoms with Gasteiger partial charge in [-0.25, -0.2) is 9.59 Å². The van der Waals surface area contributed by atoms with Gasteiger partial charge in [-0.2, -0.15) is 0 Å². The first kappa shape index (κ1) is 21.5. The maximum absolute atomic E-state index is 13.4. The van der Waals surface area contributed by atoms with E-state index in [0.717, 1.165) is 35.1 Å². The highest BCUT2D eigenvalue weighted by Gasteiger charge is 2.59. The van der Waals surface area contributed by atoms with Gasteiger partial charge in [0, 0.05) is 13.0 Å². The number of nitrogens with one attached hydrogen (secondary N) is 1. The number of carboxylic acids is 1. The molecule has 0 bridgehead atoms. The number of aliphatic carboxylic acids is 1. The third kappa shape index (κ3) is 3.46. The predicted octanol–water partition coefficient (Wildman–Crippen LogP) is 3.91.